The van der Waals surface area contributed by atoms with Gasteiger partial charge in [0.05, 0.1) is 6.42 Å². The van der Waals surface area contributed by atoms with Crippen LogP contribution in [0.3, 0.4) is 0 Å². The van der Waals surface area contributed by atoms with E-state index < -0.39 is 11.9 Å². The molecular weight excluding hydrogens is 271 g/mol. The summed E-state index contributed by atoms with van der Waals surface area (Å²) in [6.07, 6.45) is -0.136. The van der Waals surface area contributed by atoms with Gasteiger partial charge in [-0.05, 0) is 19.1 Å². The standard InChI is InChI=1S/C13H14ClFN2O2/c1-8-13(19)16-5-6-17(8)12(18)7-9-10(14)3-2-4-11(9)15/h2-4,8H,5-7H2,1H3,(H,16,19). The topological polar surface area (TPSA) is 49.4 Å². The van der Waals surface area contributed by atoms with Gasteiger partial charge in [0, 0.05) is 23.7 Å². The van der Waals surface area contributed by atoms with Crippen molar-refractivity contribution >= 4 is 23.4 Å². The number of benzene rings is 1. The van der Waals surface area contributed by atoms with Gasteiger partial charge in [0.1, 0.15) is 11.9 Å². The molecule has 0 aliphatic carbocycles. The van der Waals surface area contributed by atoms with Gasteiger partial charge in [-0.2, -0.15) is 0 Å². The molecule has 1 aromatic carbocycles. The maximum Gasteiger partial charge on any atom is 0.242 e. The Labute approximate surface area is 115 Å². The van der Waals surface area contributed by atoms with E-state index in [1.807, 2.05) is 0 Å². The first-order chi connectivity index (χ1) is 9.00. The number of halogens is 2. The lowest BCUT2D eigenvalue weighted by atomic mass is 10.1. The summed E-state index contributed by atoms with van der Waals surface area (Å²) in [7, 11) is 0. The average molecular weight is 285 g/mol. The van der Waals surface area contributed by atoms with Crippen LogP contribution >= 0.6 is 11.6 Å². The van der Waals surface area contributed by atoms with Crippen molar-refractivity contribution in [3.05, 3.63) is 34.6 Å². The Bertz CT molecular complexity index is 501. The average Bonchev–Trinajstić information content (AvgIpc) is 2.37. The molecule has 1 N–H and O–H groups in total. The van der Waals surface area contributed by atoms with Gasteiger partial charge in [0.25, 0.3) is 0 Å². The molecule has 1 aromatic rings. The summed E-state index contributed by atoms with van der Waals surface area (Å²) in [5, 5.41) is 2.89. The third-order valence-corrected chi connectivity index (χ3v) is 3.56. The predicted molar refractivity (Wildman–Crippen MR) is 69.3 cm³/mol. The lowest BCUT2D eigenvalue weighted by Crippen LogP contribution is -2.56. The molecule has 1 saturated heterocycles. The van der Waals surface area contributed by atoms with Crippen LogP contribution in [-0.4, -0.2) is 35.8 Å². The number of amides is 2. The number of nitrogens with one attached hydrogen (secondary N) is 1. The lowest BCUT2D eigenvalue weighted by molar-refractivity contribution is -0.142. The van der Waals surface area contributed by atoms with Gasteiger partial charge < -0.3 is 10.2 Å². The second-order valence-corrected chi connectivity index (χ2v) is 4.84. The van der Waals surface area contributed by atoms with E-state index in [0.717, 1.165) is 0 Å². The molecule has 6 heteroatoms. The first-order valence-corrected chi connectivity index (χ1v) is 6.38. The van der Waals surface area contributed by atoms with E-state index in [-0.39, 0.29) is 28.8 Å². The summed E-state index contributed by atoms with van der Waals surface area (Å²) < 4.78 is 13.6. The van der Waals surface area contributed by atoms with Crippen LogP contribution in [0.2, 0.25) is 5.02 Å². The second-order valence-electron chi connectivity index (χ2n) is 4.43. The van der Waals surface area contributed by atoms with Crippen molar-refractivity contribution in [1.29, 1.82) is 0 Å². The summed E-state index contributed by atoms with van der Waals surface area (Å²) in [4.78, 5) is 25.1. The molecule has 0 bridgehead atoms. The number of nitrogens with zero attached hydrogens (tertiary/aromatic N) is 1. The largest absolute Gasteiger partial charge is 0.353 e. The van der Waals surface area contributed by atoms with E-state index in [1.165, 1.54) is 17.0 Å². The molecule has 0 saturated carbocycles. The molecule has 2 amide bonds. The lowest BCUT2D eigenvalue weighted by Gasteiger charge is -2.33. The van der Waals surface area contributed by atoms with E-state index in [1.54, 1.807) is 13.0 Å². The molecule has 4 nitrogen and oxygen atoms in total. The van der Waals surface area contributed by atoms with Crippen molar-refractivity contribution < 1.29 is 14.0 Å². The quantitative estimate of drug-likeness (QED) is 0.892. The van der Waals surface area contributed by atoms with Crippen LogP contribution in [0.4, 0.5) is 4.39 Å². The normalized spacial score (nSPS) is 19.2. The van der Waals surface area contributed by atoms with Crippen LogP contribution < -0.4 is 5.32 Å². The SMILES string of the molecule is CC1C(=O)NCCN1C(=O)Cc1c(F)cccc1Cl. The number of hydrogen-bond donors (Lipinski definition) is 1. The van der Waals surface area contributed by atoms with Gasteiger partial charge in [0.15, 0.2) is 0 Å². The van der Waals surface area contributed by atoms with Crippen LogP contribution in [0.5, 0.6) is 0 Å². The zero-order valence-electron chi connectivity index (χ0n) is 10.5. The third-order valence-electron chi connectivity index (χ3n) is 3.21. The zero-order valence-corrected chi connectivity index (χ0v) is 11.2. The minimum Gasteiger partial charge on any atom is -0.353 e. The molecule has 1 aliphatic rings. The van der Waals surface area contributed by atoms with Gasteiger partial charge in [-0.3, -0.25) is 9.59 Å². The van der Waals surface area contributed by atoms with Crippen molar-refractivity contribution in [3.8, 4) is 0 Å². The van der Waals surface area contributed by atoms with Gasteiger partial charge in [0.2, 0.25) is 11.8 Å². The van der Waals surface area contributed by atoms with Crippen LogP contribution in [0.1, 0.15) is 12.5 Å². The van der Waals surface area contributed by atoms with Gasteiger partial charge in [-0.15, -0.1) is 0 Å². The Morgan fingerprint density at radius 2 is 2.32 bits per heavy atom. The molecule has 1 aliphatic heterocycles. The van der Waals surface area contributed by atoms with Gasteiger partial charge in [-0.1, -0.05) is 17.7 Å². The van der Waals surface area contributed by atoms with Crippen molar-refractivity contribution in [2.24, 2.45) is 0 Å². The summed E-state index contributed by atoms with van der Waals surface area (Å²) in [5.74, 6) is -0.997. The van der Waals surface area contributed by atoms with E-state index in [4.69, 9.17) is 11.6 Å². The molecule has 1 fully saturated rings. The second kappa shape index (κ2) is 5.57. The molecule has 1 unspecified atom stereocenters. The molecule has 0 spiro atoms. The highest BCUT2D eigenvalue weighted by molar-refractivity contribution is 6.31. The van der Waals surface area contributed by atoms with Crippen LogP contribution in [0.15, 0.2) is 18.2 Å². The highest BCUT2D eigenvalue weighted by atomic mass is 35.5. The fourth-order valence-electron chi connectivity index (χ4n) is 2.08. The maximum atomic E-state index is 13.6. The Balaban J connectivity index is 2.15. The molecular formula is C13H14ClFN2O2. The van der Waals surface area contributed by atoms with Crippen molar-refractivity contribution in [1.82, 2.24) is 10.2 Å². The molecule has 19 heavy (non-hydrogen) atoms. The smallest absolute Gasteiger partial charge is 0.242 e. The highest BCUT2D eigenvalue weighted by Crippen LogP contribution is 2.20. The highest BCUT2D eigenvalue weighted by Gasteiger charge is 2.29. The number of carbonyl (C=O) groups is 2. The summed E-state index contributed by atoms with van der Waals surface area (Å²) in [6.45, 7) is 2.49. The zero-order chi connectivity index (χ0) is 14.0. The van der Waals surface area contributed by atoms with Gasteiger partial charge in [-0.25, -0.2) is 4.39 Å². The number of hydrogen-bond acceptors (Lipinski definition) is 2. The Morgan fingerprint density at radius 1 is 1.58 bits per heavy atom. The fourth-order valence-corrected chi connectivity index (χ4v) is 2.31. The van der Waals surface area contributed by atoms with Crippen molar-refractivity contribution in [2.45, 2.75) is 19.4 Å². The Morgan fingerprint density at radius 3 is 3.00 bits per heavy atom. The molecule has 2 rings (SSSR count). The van der Waals surface area contributed by atoms with Crippen LogP contribution in [0.25, 0.3) is 0 Å². The predicted octanol–water partition coefficient (Wildman–Crippen LogP) is 1.37. The molecule has 0 radical (unpaired) electrons. The van der Waals surface area contributed by atoms with E-state index in [2.05, 4.69) is 5.32 Å². The summed E-state index contributed by atoms with van der Waals surface area (Å²) >= 11 is 5.89. The first-order valence-electron chi connectivity index (χ1n) is 6.00. The minimum atomic E-state index is -0.535. The number of rotatable bonds is 2. The monoisotopic (exact) mass is 284 g/mol. The number of piperazine rings is 1. The molecule has 1 heterocycles. The molecule has 102 valence electrons. The first kappa shape index (κ1) is 13.8. The molecule has 0 aromatic heterocycles. The third kappa shape index (κ3) is 2.87. The Hall–Kier alpha value is -1.62. The van der Waals surface area contributed by atoms with E-state index in [0.29, 0.717) is 13.1 Å². The van der Waals surface area contributed by atoms with Crippen molar-refractivity contribution in [3.63, 3.8) is 0 Å². The van der Waals surface area contributed by atoms with E-state index >= 15 is 0 Å². The Kier molecular flexibility index (Phi) is 4.04. The molecule has 1 atom stereocenters. The van der Waals surface area contributed by atoms with Crippen molar-refractivity contribution in [2.75, 3.05) is 13.1 Å². The number of carbonyl (C=O) groups excluding carboxylic acids is 2. The summed E-state index contributed by atoms with van der Waals surface area (Å²) in [5.41, 5.74) is 0.173. The van der Waals surface area contributed by atoms with E-state index in [9.17, 15) is 14.0 Å². The van der Waals surface area contributed by atoms with Crippen LogP contribution in [-0.2, 0) is 16.0 Å². The summed E-state index contributed by atoms with van der Waals surface area (Å²) in [6, 6.07) is 3.76. The fraction of sp³-hybridized carbons (Fsp3) is 0.385. The minimum absolute atomic E-state index is 0.136. The maximum absolute atomic E-state index is 13.6. The van der Waals surface area contributed by atoms with Gasteiger partial charge >= 0.3 is 0 Å². The van der Waals surface area contributed by atoms with Crippen LogP contribution in [0, 0.1) is 5.82 Å².